The third-order valence-corrected chi connectivity index (χ3v) is 12.1. The molecule has 11 nitrogen and oxygen atoms in total. The standard InChI is InChI=1S/C31H29N3O8S2/c1-13(30(38)39)34-28(36)23-18-11-19(24(23)29(34)37)25-22(18)21(26-27(43-25)33-31(40)44-26)14-3-7-17(8-4-14)42-12-20(35)32-15-5-9-16(41-2)10-6-15/h3-10,13,18-19,21-25H,11-12H2,1-2H3,(H,32,35)(H,33,40)(H,38,39)/t13?,18?,19?,21-,22?,23?,24?,25?/m1/s1. The summed E-state index contributed by atoms with van der Waals surface area (Å²) in [6.07, 6.45) is 0.713. The zero-order chi connectivity index (χ0) is 30.9. The summed E-state index contributed by atoms with van der Waals surface area (Å²) in [5.41, 5.74) is 1.57. The maximum atomic E-state index is 13.5. The van der Waals surface area contributed by atoms with E-state index in [0.29, 0.717) is 23.6 Å². The molecule has 13 heteroatoms. The van der Waals surface area contributed by atoms with Crippen molar-refractivity contribution < 1.29 is 33.8 Å². The molecule has 2 bridgehead atoms. The minimum Gasteiger partial charge on any atom is -0.497 e. The van der Waals surface area contributed by atoms with Gasteiger partial charge in [0.1, 0.15) is 17.5 Å². The van der Waals surface area contributed by atoms with Gasteiger partial charge in [-0.3, -0.25) is 24.1 Å². The molecule has 1 saturated heterocycles. The van der Waals surface area contributed by atoms with Crippen molar-refractivity contribution in [1.29, 1.82) is 0 Å². The van der Waals surface area contributed by atoms with Gasteiger partial charge in [-0.25, -0.2) is 4.79 Å². The molecule has 44 heavy (non-hydrogen) atoms. The van der Waals surface area contributed by atoms with Crippen LogP contribution in [0.3, 0.4) is 0 Å². The van der Waals surface area contributed by atoms with Gasteiger partial charge in [-0.1, -0.05) is 23.5 Å². The average Bonchev–Trinajstić information content (AvgIpc) is 3.75. The third kappa shape index (κ3) is 4.52. The number of H-pyrrole nitrogens is 1. The minimum atomic E-state index is -1.21. The van der Waals surface area contributed by atoms with Gasteiger partial charge in [-0.05, 0) is 73.1 Å². The molecule has 8 atom stereocenters. The number of hydrogen-bond donors (Lipinski definition) is 3. The van der Waals surface area contributed by atoms with Crippen LogP contribution in [0.15, 0.2) is 58.4 Å². The fourth-order valence-corrected chi connectivity index (χ4v) is 10.6. The molecule has 3 fully saturated rings. The summed E-state index contributed by atoms with van der Waals surface area (Å²) in [5, 5.41) is 13.1. The monoisotopic (exact) mass is 635 g/mol. The zero-order valence-electron chi connectivity index (χ0n) is 23.7. The number of aromatic amines is 1. The van der Waals surface area contributed by atoms with Crippen molar-refractivity contribution >= 4 is 52.5 Å². The van der Waals surface area contributed by atoms with Crippen LogP contribution in [0.1, 0.15) is 29.7 Å². The largest absolute Gasteiger partial charge is 0.497 e. The van der Waals surface area contributed by atoms with Crippen molar-refractivity contribution in [2.45, 2.75) is 35.6 Å². The number of methoxy groups -OCH3 is 1. The zero-order valence-corrected chi connectivity index (χ0v) is 25.4. The maximum absolute atomic E-state index is 13.5. The van der Waals surface area contributed by atoms with Gasteiger partial charge in [0, 0.05) is 21.7 Å². The highest BCUT2D eigenvalue weighted by Crippen LogP contribution is 2.68. The number of ether oxygens (including phenoxy) is 2. The number of thioether (sulfide) groups is 1. The van der Waals surface area contributed by atoms with E-state index in [1.165, 1.54) is 6.92 Å². The fraction of sp³-hybridized carbons (Fsp3) is 0.387. The number of imide groups is 1. The number of nitrogens with zero attached hydrogens (tertiary/aromatic N) is 1. The van der Waals surface area contributed by atoms with E-state index in [1.807, 2.05) is 12.1 Å². The fourth-order valence-electron chi connectivity index (χ4n) is 7.70. The Balaban J connectivity index is 1.12. The summed E-state index contributed by atoms with van der Waals surface area (Å²) in [7, 11) is 1.57. The summed E-state index contributed by atoms with van der Waals surface area (Å²) in [6, 6.07) is 13.2. The molecule has 2 saturated carbocycles. The second kappa shape index (κ2) is 10.8. The van der Waals surface area contributed by atoms with Crippen LogP contribution in [0.4, 0.5) is 5.69 Å². The van der Waals surface area contributed by atoms with E-state index in [1.54, 1.807) is 55.3 Å². The van der Waals surface area contributed by atoms with Gasteiger partial charge >= 0.3 is 10.8 Å². The molecule has 3 N–H and O–H groups in total. The van der Waals surface area contributed by atoms with E-state index < -0.39 is 29.8 Å². The molecule has 0 spiro atoms. The number of carboxylic acid groups (broad SMARTS) is 1. The van der Waals surface area contributed by atoms with Crippen LogP contribution in [0.25, 0.3) is 0 Å². The highest BCUT2D eigenvalue weighted by Gasteiger charge is 2.70. The molecule has 228 valence electrons. The van der Waals surface area contributed by atoms with Crippen LogP contribution >= 0.6 is 23.1 Å². The third-order valence-electron chi connectivity index (χ3n) is 9.49. The molecule has 4 aliphatic rings. The number of carbonyl (C=O) groups excluding carboxylic acids is 3. The molecular weight excluding hydrogens is 606 g/mol. The van der Waals surface area contributed by atoms with Gasteiger partial charge in [-0.2, -0.15) is 0 Å². The van der Waals surface area contributed by atoms with Gasteiger partial charge in [0.15, 0.2) is 6.61 Å². The van der Waals surface area contributed by atoms with Crippen LogP contribution in [0, 0.1) is 29.6 Å². The number of aliphatic carboxylic acids is 1. The number of carboxylic acids is 1. The maximum Gasteiger partial charge on any atom is 0.326 e. The van der Waals surface area contributed by atoms with Crippen LogP contribution in [0.5, 0.6) is 11.5 Å². The lowest BCUT2D eigenvalue weighted by atomic mass is 9.68. The van der Waals surface area contributed by atoms with E-state index in [0.717, 1.165) is 31.7 Å². The quantitative estimate of drug-likeness (QED) is 0.316. The topological polar surface area (TPSA) is 155 Å². The number of benzene rings is 2. The average molecular weight is 636 g/mol. The lowest BCUT2D eigenvalue weighted by molar-refractivity contribution is -0.154. The van der Waals surface area contributed by atoms with Crippen LogP contribution < -0.4 is 19.7 Å². The number of likely N-dealkylation sites (tertiary alicyclic amines) is 1. The number of fused-ring (bicyclic) bond motifs is 9. The predicted octanol–water partition coefficient (Wildman–Crippen LogP) is 3.41. The Morgan fingerprint density at radius 1 is 1.02 bits per heavy atom. The number of rotatable bonds is 8. The summed E-state index contributed by atoms with van der Waals surface area (Å²) in [5.74, 6) is -2.59. The van der Waals surface area contributed by atoms with Crippen molar-refractivity contribution in [2.75, 3.05) is 19.0 Å². The molecule has 7 rings (SSSR count). The Morgan fingerprint density at radius 3 is 2.34 bits per heavy atom. The SMILES string of the molecule is COc1ccc(NC(=O)COc2ccc([C@H]3c4sc(=O)[nH]c4SC4C5CC(C6C(=O)N(C(C)C(=O)O)C(=O)C56)C43)cc2)cc1. The Hall–Kier alpha value is -4.10. The Labute approximate surface area is 259 Å². The molecule has 3 heterocycles. The molecule has 0 radical (unpaired) electrons. The molecule has 2 aliphatic heterocycles. The summed E-state index contributed by atoms with van der Waals surface area (Å²) >= 11 is 2.74. The number of aromatic nitrogens is 1. The number of amides is 3. The van der Waals surface area contributed by atoms with Gasteiger partial charge in [-0.15, -0.1) is 11.8 Å². The normalized spacial score (nSPS) is 28.7. The Kier molecular flexibility index (Phi) is 7.04. The Morgan fingerprint density at radius 2 is 1.68 bits per heavy atom. The van der Waals surface area contributed by atoms with Crippen molar-refractivity contribution in [2.24, 2.45) is 29.6 Å². The summed E-state index contributed by atoms with van der Waals surface area (Å²) in [6.45, 7) is 1.19. The van der Waals surface area contributed by atoms with E-state index in [-0.39, 0.29) is 52.2 Å². The summed E-state index contributed by atoms with van der Waals surface area (Å²) in [4.78, 5) is 68.3. The molecule has 1 aromatic heterocycles. The van der Waals surface area contributed by atoms with Crippen molar-refractivity contribution in [1.82, 2.24) is 9.88 Å². The first kappa shape index (κ1) is 28.7. The van der Waals surface area contributed by atoms with Crippen molar-refractivity contribution in [3.63, 3.8) is 0 Å². The highest BCUT2D eigenvalue weighted by atomic mass is 32.2. The minimum absolute atomic E-state index is 0.00147. The number of carbonyl (C=O) groups is 4. The molecule has 3 amide bonds. The predicted molar refractivity (Wildman–Crippen MR) is 161 cm³/mol. The van der Waals surface area contributed by atoms with Gasteiger partial charge < -0.3 is 24.9 Å². The second-order valence-corrected chi connectivity index (χ2v) is 13.9. The van der Waals surface area contributed by atoms with Crippen molar-refractivity contribution in [3.8, 4) is 11.5 Å². The lowest BCUT2D eigenvalue weighted by Crippen LogP contribution is -2.44. The number of hydrogen-bond acceptors (Lipinski definition) is 9. The van der Waals surface area contributed by atoms with E-state index in [2.05, 4.69) is 10.3 Å². The van der Waals surface area contributed by atoms with Gasteiger partial charge in [0.05, 0.1) is 24.0 Å². The van der Waals surface area contributed by atoms with Crippen molar-refractivity contribution in [3.05, 3.63) is 68.6 Å². The lowest BCUT2D eigenvalue weighted by Gasteiger charge is -2.43. The highest BCUT2D eigenvalue weighted by molar-refractivity contribution is 8.00. The summed E-state index contributed by atoms with van der Waals surface area (Å²) < 4.78 is 10.9. The number of nitrogens with one attached hydrogen (secondary N) is 2. The van der Waals surface area contributed by atoms with Crippen LogP contribution in [-0.4, -0.2) is 63.7 Å². The van der Waals surface area contributed by atoms with E-state index in [9.17, 15) is 29.1 Å². The number of thiazole rings is 1. The van der Waals surface area contributed by atoms with Crippen LogP contribution in [-0.2, 0) is 19.2 Å². The Bertz CT molecular complexity index is 1720. The van der Waals surface area contributed by atoms with Crippen LogP contribution in [0.2, 0.25) is 0 Å². The first-order chi connectivity index (χ1) is 21.2. The first-order valence-electron chi connectivity index (χ1n) is 14.3. The molecule has 3 aromatic rings. The molecule has 7 unspecified atom stereocenters. The molecular formula is C31H29N3O8S2. The van der Waals surface area contributed by atoms with Gasteiger partial charge in [0.2, 0.25) is 11.8 Å². The first-order valence-corrected chi connectivity index (χ1v) is 16.0. The van der Waals surface area contributed by atoms with Gasteiger partial charge in [0.25, 0.3) is 5.91 Å². The van der Waals surface area contributed by atoms with E-state index >= 15 is 0 Å². The number of anilines is 1. The second-order valence-electron chi connectivity index (χ2n) is 11.7. The smallest absolute Gasteiger partial charge is 0.326 e. The molecule has 2 aromatic carbocycles. The van der Waals surface area contributed by atoms with E-state index in [4.69, 9.17) is 9.47 Å². The molecule has 2 aliphatic carbocycles.